The maximum Gasteiger partial charge on any atom is 0.356 e. The Balaban J connectivity index is 2.33. The Kier molecular flexibility index (Phi) is 4.07. The van der Waals surface area contributed by atoms with Gasteiger partial charge in [0.1, 0.15) is 10.1 Å². The molecule has 0 atom stereocenters. The lowest BCUT2D eigenvalue weighted by molar-refractivity contribution is 0.0690. The van der Waals surface area contributed by atoms with Crippen LogP contribution in [0, 0.1) is 13.8 Å². The van der Waals surface area contributed by atoms with Crippen LogP contribution in [0.4, 0.5) is 0 Å². The fourth-order valence-corrected chi connectivity index (χ4v) is 2.70. The van der Waals surface area contributed by atoms with Crippen LogP contribution in [0.25, 0.3) is 0 Å². The fourth-order valence-electron chi connectivity index (χ4n) is 1.59. The number of halogens is 1. The summed E-state index contributed by atoms with van der Waals surface area (Å²) < 4.78 is 0. The van der Waals surface area contributed by atoms with Crippen molar-refractivity contribution >= 4 is 29.3 Å². The third kappa shape index (κ3) is 3.45. The summed E-state index contributed by atoms with van der Waals surface area (Å²) in [5.41, 5.74) is 1.87. The molecule has 0 fully saturated rings. The maximum absolute atomic E-state index is 11.0. The van der Waals surface area contributed by atoms with E-state index in [0.29, 0.717) is 5.03 Å². The fraction of sp³-hybridized carbons (Fsp3) is 0.154. The Morgan fingerprint density at radius 1 is 1.21 bits per heavy atom. The molecule has 2 aromatic heterocycles. The SMILES string of the molecule is Cc1cc(C)nc(Sc2ccc(Cl)c(C(=O)O)n2)c1. The first kappa shape index (κ1) is 13.8. The van der Waals surface area contributed by atoms with Crippen LogP contribution in [-0.2, 0) is 0 Å². The van der Waals surface area contributed by atoms with Crippen molar-refractivity contribution < 1.29 is 9.90 Å². The number of aryl methyl sites for hydroxylation is 2. The minimum absolute atomic E-state index is 0.130. The largest absolute Gasteiger partial charge is 0.476 e. The van der Waals surface area contributed by atoms with Crippen molar-refractivity contribution in [2.24, 2.45) is 0 Å². The molecule has 2 heterocycles. The van der Waals surface area contributed by atoms with E-state index in [0.717, 1.165) is 16.3 Å². The molecule has 98 valence electrons. The van der Waals surface area contributed by atoms with Crippen molar-refractivity contribution in [2.45, 2.75) is 23.9 Å². The number of aromatic nitrogens is 2. The van der Waals surface area contributed by atoms with Gasteiger partial charge >= 0.3 is 5.97 Å². The van der Waals surface area contributed by atoms with Gasteiger partial charge in [-0.2, -0.15) is 0 Å². The summed E-state index contributed by atoms with van der Waals surface area (Å²) in [5, 5.41) is 10.4. The first-order valence-electron chi connectivity index (χ1n) is 5.48. The molecule has 2 aromatic rings. The van der Waals surface area contributed by atoms with Crippen molar-refractivity contribution in [3.8, 4) is 0 Å². The van der Waals surface area contributed by atoms with Crippen LogP contribution in [-0.4, -0.2) is 21.0 Å². The van der Waals surface area contributed by atoms with E-state index in [2.05, 4.69) is 9.97 Å². The lowest BCUT2D eigenvalue weighted by atomic mass is 10.3. The molecule has 0 radical (unpaired) electrons. The number of carboxylic acids is 1. The maximum atomic E-state index is 11.0. The summed E-state index contributed by atoms with van der Waals surface area (Å²) >= 11 is 7.09. The minimum atomic E-state index is -1.14. The summed E-state index contributed by atoms with van der Waals surface area (Å²) in [5.74, 6) is -1.14. The van der Waals surface area contributed by atoms with E-state index >= 15 is 0 Å². The molecule has 1 N–H and O–H groups in total. The van der Waals surface area contributed by atoms with E-state index in [9.17, 15) is 4.79 Å². The molecule has 0 bridgehead atoms. The van der Waals surface area contributed by atoms with Gasteiger partial charge < -0.3 is 5.11 Å². The molecule has 0 saturated carbocycles. The number of hydrogen-bond donors (Lipinski definition) is 1. The van der Waals surface area contributed by atoms with Crippen molar-refractivity contribution in [1.82, 2.24) is 9.97 Å². The Labute approximate surface area is 119 Å². The number of carboxylic acid groups (broad SMARTS) is 1. The number of aromatic carboxylic acids is 1. The Morgan fingerprint density at radius 2 is 1.95 bits per heavy atom. The van der Waals surface area contributed by atoms with Gasteiger partial charge in [-0.3, -0.25) is 0 Å². The molecule has 0 unspecified atom stereocenters. The summed E-state index contributed by atoms with van der Waals surface area (Å²) in [6.07, 6.45) is 0. The second-order valence-corrected chi connectivity index (χ2v) is 5.46. The molecular formula is C13H11ClN2O2S. The average molecular weight is 295 g/mol. The van der Waals surface area contributed by atoms with E-state index in [-0.39, 0.29) is 10.7 Å². The van der Waals surface area contributed by atoms with Crippen LogP contribution in [0.15, 0.2) is 34.3 Å². The highest BCUT2D eigenvalue weighted by Gasteiger charge is 2.12. The van der Waals surface area contributed by atoms with Crippen LogP contribution in [0.5, 0.6) is 0 Å². The number of nitrogens with zero attached hydrogens (tertiary/aromatic N) is 2. The van der Waals surface area contributed by atoms with Gasteiger partial charge in [0.05, 0.1) is 5.02 Å². The monoisotopic (exact) mass is 294 g/mol. The van der Waals surface area contributed by atoms with Crippen molar-refractivity contribution in [3.05, 3.63) is 46.2 Å². The second kappa shape index (κ2) is 5.59. The highest BCUT2D eigenvalue weighted by Crippen LogP contribution is 2.27. The zero-order valence-corrected chi connectivity index (χ0v) is 11.9. The van der Waals surface area contributed by atoms with E-state index < -0.39 is 5.97 Å². The topological polar surface area (TPSA) is 63.1 Å². The normalized spacial score (nSPS) is 10.5. The number of pyridine rings is 2. The molecule has 2 rings (SSSR count). The molecule has 0 saturated heterocycles. The van der Waals surface area contributed by atoms with Gasteiger partial charge in [0, 0.05) is 5.69 Å². The molecule has 0 aromatic carbocycles. The van der Waals surface area contributed by atoms with Gasteiger partial charge in [-0.05, 0) is 43.7 Å². The number of rotatable bonds is 3. The second-order valence-electron chi connectivity index (χ2n) is 4.01. The summed E-state index contributed by atoms with van der Waals surface area (Å²) in [7, 11) is 0. The molecule has 19 heavy (non-hydrogen) atoms. The van der Waals surface area contributed by atoms with Gasteiger partial charge in [-0.1, -0.05) is 23.4 Å². The van der Waals surface area contributed by atoms with Gasteiger partial charge in [0.15, 0.2) is 5.69 Å². The quantitative estimate of drug-likeness (QED) is 0.937. The third-order valence-corrected chi connectivity index (χ3v) is 3.47. The van der Waals surface area contributed by atoms with Gasteiger partial charge in [0.25, 0.3) is 0 Å². The molecule has 0 aliphatic rings. The van der Waals surface area contributed by atoms with E-state index in [1.54, 1.807) is 6.07 Å². The predicted octanol–water partition coefficient (Wildman–Crippen LogP) is 3.60. The van der Waals surface area contributed by atoms with E-state index in [1.807, 2.05) is 26.0 Å². The zero-order valence-electron chi connectivity index (χ0n) is 10.3. The predicted molar refractivity (Wildman–Crippen MR) is 74.0 cm³/mol. The van der Waals surface area contributed by atoms with Crippen molar-refractivity contribution in [1.29, 1.82) is 0 Å². The van der Waals surface area contributed by atoms with Gasteiger partial charge in [-0.15, -0.1) is 0 Å². The van der Waals surface area contributed by atoms with Crippen LogP contribution >= 0.6 is 23.4 Å². The van der Waals surface area contributed by atoms with E-state index in [4.69, 9.17) is 16.7 Å². The van der Waals surface area contributed by atoms with Crippen molar-refractivity contribution in [2.75, 3.05) is 0 Å². The zero-order chi connectivity index (χ0) is 14.0. The minimum Gasteiger partial charge on any atom is -0.476 e. The van der Waals surface area contributed by atoms with Crippen LogP contribution in [0.3, 0.4) is 0 Å². The summed E-state index contributed by atoms with van der Waals surface area (Å²) in [4.78, 5) is 19.3. The molecule has 0 amide bonds. The van der Waals surface area contributed by atoms with Crippen LogP contribution in [0.1, 0.15) is 21.7 Å². The van der Waals surface area contributed by atoms with E-state index in [1.165, 1.54) is 17.8 Å². The van der Waals surface area contributed by atoms with Gasteiger partial charge in [0.2, 0.25) is 0 Å². The molecular weight excluding hydrogens is 284 g/mol. The molecule has 0 aliphatic heterocycles. The lowest BCUT2D eigenvalue weighted by Crippen LogP contribution is -2.02. The van der Waals surface area contributed by atoms with Gasteiger partial charge in [-0.25, -0.2) is 14.8 Å². The molecule has 0 aliphatic carbocycles. The number of hydrogen-bond acceptors (Lipinski definition) is 4. The summed E-state index contributed by atoms with van der Waals surface area (Å²) in [6.45, 7) is 3.89. The standard InChI is InChI=1S/C13H11ClN2O2S/c1-7-5-8(2)15-11(6-7)19-10-4-3-9(14)12(16-10)13(17)18/h3-6H,1-2H3,(H,17,18). The number of carbonyl (C=O) groups is 1. The lowest BCUT2D eigenvalue weighted by Gasteiger charge is -2.05. The first-order chi connectivity index (χ1) is 8.95. The Bertz CT molecular complexity index is 626. The molecule has 0 spiro atoms. The smallest absolute Gasteiger partial charge is 0.356 e. The summed E-state index contributed by atoms with van der Waals surface area (Å²) in [6, 6.07) is 7.11. The Hall–Kier alpha value is -1.59. The molecule has 6 heteroatoms. The van der Waals surface area contributed by atoms with Crippen LogP contribution in [0.2, 0.25) is 5.02 Å². The van der Waals surface area contributed by atoms with Crippen molar-refractivity contribution in [3.63, 3.8) is 0 Å². The van der Waals surface area contributed by atoms with Crippen LogP contribution < -0.4 is 0 Å². The average Bonchev–Trinajstić information content (AvgIpc) is 2.30. The third-order valence-electron chi connectivity index (χ3n) is 2.31. The Morgan fingerprint density at radius 3 is 2.58 bits per heavy atom. The highest BCUT2D eigenvalue weighted by atomic mass is 35.5. The molecule has 4 nitrogen and oxygen atoms in total. The first-order valence-corrected chi connectivity index (χ1v) is 6.68. The highest BCUT2D eigenvalue weighted by molar-refractivity contribution is 7.99.